The average molecular weight is 389 g/mol. The number of H-pyrrole nitrogens is 1. The van der Waals surface area contributed by atoms with Crippen LogP contribution >= 0.6 is 11.8 Å². The summed E-state index contributed by atoms with van der Waals surface area (Å²) in [5.41, 5.74) is 1.65. The van der Waals surface area contributed by atoms with Crippen LogP contribution in [0.4, 0.5) is 0 Å². The van der Waals surface area contributed by atoms with E-state index in [2.05, 4.69) is 36.9 Å². The van der Waals surface area contributed by atoms with E-state index in [-0.39, 0.29) is 10.8 Å². The standard InChI is InChI=1S/C21H19N5OS/c1-13(18-22-17-10-6-5-9-16(17)20(27)23-18)28-21-25-24-19(14-11-12-14)26(21)15-7-3-2-4-8-15/h2-10,13-14H,11-12H2,1H3,(H,22,23,27)/t13-/m1/s1. The monoisotopic (exact) mass is 389 g/mol. The number of aromatic nitrogens is 5. The number of fused-ring (bicyclic) bond motifs is 1. The second-order valence-electron chi connectivity index (χ2n) is 7.01. The van der Waals surface area contributed by atoms with Crippen molar-refractivity contribution in [2.75, 3.05) is 0 Å². The van der Waals surface area contributed by atoms with Crippen molar-refractivity contribution in [2.45, 2.75) is 36.1 Å². The molecule has 1 aliphatic carbocycles. The van der Waals surface area contributed by atoms with Crippen LogP contribution in [-0.2, 0) is 0 Å². The van der Waals surface area contributed by atoms with Crippen molar-refractivity contribution in [3.63, 3.8) is 0 Å². The molecule has 0 bridgehead atoms. The number of para-hydroxylation sites is 2. The lowest BCUT2D eigenvalue weighted by atomic mass is 10.2. The summed E-state index contributed by atoms with van der Waals surface area (Å²) < 4.78 is 2.14. The van der Waals surface area contributed by atoms with Gasteiger partial charge in [-0.25, -0.2) is 4.98 Å². The van der Waals surface area contributed by atoms with E-state index >= 15 is 0 Å². The van der Waals surface area contributed by atoms with Gasteiger partial charge in [0.15, 0.2) is 5.16 Å². The van der Waals surface area contributed by atoms with Crippen LogP contribution < -0.4 is 5.56 Å². The molecule has 0 saturated heterocycles. The molecule has 1 saturated carbocycles. The summed E-state index contributed by atoms with van der Waals surface area (Å²) in [4.78, 5) is 20.0. The maximum atomic E-state index is 12.4. The lowest BCUT2D eigenvalue weighted by Crippen LogP contribution is -2.13. The minimum absolute atomic E-state index is 0.0731. The van der Waals surface area contributed by atoms with Gasteiger partial charge in [0.05, 0.1) is 16.2 Å². The SMILES string of the molecule is C[C@@H](Sc1nnc(C2CC2)n1-c1ccccc1)c1nc2ccccc2c(=O)[nH]1. The molecule has 2 aromatic heterocycles. The van der Waals surface area contributed by atoms with E-state index in [0.29, 0.717) is 22.6 Å². The number of hydrogen-bond donors (Lipinski definition) is 1. The van der Waals surface area contributed by atoms with Gasteiger partial charge in [-0.15, -0.1) is 10.2 Å². The Bertz CT molecular complexity index is 1200. The molecule has 6 nitrogen and oxygen atoms in total. The Labute approximate surface area is 166 Å². The number of nitrogens with one attached hydrogen (secondary N) is 1. The largest absolute Gasteiger partial charge is 0.309 e. The average Bonchev–Trinajstić information content (AvgIpc) is 3.49. The highest BCUT2D eigenvalue weighted by Crippen LogP contribution is 2.42. The Balaban J connectivity index is 1.52. The highest BCUT2D eigenvalue weighted by molar-refractivity contribution is 7.99. The summed E-state index contributed by atoms with van der Waals surface area (Å²) in [5, 5.41) is 10.3. The molecular weight excluding hydrogens is 370 g/mol. The minimum Gasteiger partial charge on any atom is -0.309 e. The Morgan fingerprint density at radius 2 is 1.82 bits per heavy atom. The first-order valence-electron chi connectivity index (χ1n) is 9.37. The zero-order valence-electron chi connectivity index (χ0n) is 15.4. The number of benzene rings is 2. The normalized spacial score (nSPS) is 15.0. The number of nitrogens with zero attached hydrogens (tertiary/aromatic N) is 4. The molecular formula is C21H19N5OS. The van der Waals surface area contributed by atoms with Crippen molar-refractivity contribution < 1.29 is 0 Å². The Morgan fingerprint density at radius 1 is 1.07 bits per heavy atom. The summed E-state index contributed by atoms with van der Waals surface area (Å²) in [7, 11) is 0. The van der Waals surface area contributed by atoms with Gasteiger partial charge in [-0.1, -0.05) is 42.1 Å². The van der Waals surface area contributed by atoms with Crippen molar-refractivity contribution >= 4 is 22.7 Å². The van der Waals surface area contributed by atoms with Gasteiger partial charge in [0.1, 0.15) is 11.6 Å². The van der Waals surface area contributed by atoms with Gasteiger partial charge >= 0.3 is 0 Å². The summed E-state index contributed by atoms with van der Waals surface area (Å²) in [6.07, 6.45) is 2.31. The second kappa shape index (κ2) is 6.91. The van der Waals surface area contributed by atoms with E-state index in [1.165, 1.54) is 0 Å². The van der Waals surface area contributed by atoms with Gasteiger partial charge in [-0.2, -0.15) is 0 Å². The van der Waals surface area contributed by atoms with Crippen LogP contribution in [0.5, 0.6) is 0 Å². The van der Waals surface area contributed by atoms with Crippen LogP contribution in [0.1, 0.15) is 42.6 Å². The molecule has 1 fully saturated rings. The van der Waals surface area contributed by atoms with Gasteiger partial charge in [0.25, 0.3) is 5.56 Å². The molecule has 2 heterocycles. The first-order chi connectivity index (χ1) is 13.7. The van der Waals surface area contributed by atoms with Crippen molar-refractivity contribution in [1.29, 1.82) is 0 Å². The third-order valence-electron chi connectivity index (χ3n) is 4.91. The molecule has 7 heteroatoms. The topological polar surface area (TPSA) is 76.5 Å². The Kier molecular flexibility index (Phi) is 4.24. The molecule has 2 aromatic carbocycles. The fourth-order valence-electron chi connectivity index (χ4n) is 3.29. The summed E-state index contributed by atoms with van der Waals surface area (Å²) in [5.74, 6) is 2.14. The van der Waals surface area contributed by atoms with E-state index in [0.717, 1.165) is 29.5 Å². The number of aromatic amines is 1. The van der Waals surface area contributed by atoms with E-state index in [4.69, 9.17) is 0 Å². The quantitative estimate of drug-likeness (QED) is 0.517. The van der Waals surface area contributed by atoms with Crippen molar-refractivity contribution in [3.8, 4) is 5.69 Å². The zero-order valence-corrected chi connectivity index (χ0v) is 16.2. The molecule has 0 unspecified atom stereocenters. The number of rotatable bonds is 5. The van der Waals surface area contributed by atoms with Crippen LogP contribution in [0.3, 0.4) is 0 Å². The summed E-state index contributed by atoms with van der Waals surface area (Å²) >= 11 is 1.56. The lowest BCUT2D eigenvalue weighted by molar-refractivity contribution is 0.822. The summed E-state index contributed by atoms with van der Waals surface area (Å²) in [6.45, 7) is 2.03. The molecule has 1 N–H and O–H groups in total. The van der Waals surface area contributed by atoms with Gasteiger partial charge < -0.3 is 4.98 Å². The van der Waals surface area contributed by atoms with Crippen LogP contribution in [0.25, 0.3) is 16.6 Å². The first-order valence-corrected chi connectivity index (χ1v) is 10.2. The maximum absolute atomic E-state index is 12.4. The van der Waals surface area contributed by atoms with Crippen LogP contribution in [0.15, 0.2) is 64.5 Å². The molecule has 5 rings (SSSR count). The van der Waals surface area contributed by atoms with Crippen LogP contribution in [0, 0.1) is 0 Å². The van der Waals surface area contributed by atoms with Crippen LogP contribution in [-0.4, -0.2) is 24.7 Å². The predicted octanol–water partition coefficient (Wildman–Crippen LogP) is 4.23. The molecule has 1 aliphatic rings. The van der Waals surface area contributed by atoms with E-state index in [1.807, 2.05) is 43.3 Å². The third-order valence-corrected chi connectivity index (χ3v) is 5.97. The van der Waals surface area contributed by atoms with Gasteiger partial charge in [-0.3, -0.25) is 9.36 Å². The minimum atomic E-state index is -0.115. The molecule has 0 aliphatic heterocycles. The number of thioether (sulfide) groups is 1. The highest BCUT2D eigenvalue weighted by Gasteiger charge is 2.31. The van der Waals surface area contributed by atoms with Crippen LogP contribution in [0.2, 0.25) is 0 Å². The fraction of sp³-hybridized carbons (Fsp3) is 0.238. The van der Waals surface area contributed by atoms with Crippen molar-refractivity contribution in [3.05, 3.63) is 76.6 Å². The van der Waals surface area contributed by atoms with E-state index in [1.54, 1.807) is 17.8 Å². The molecule has 0 radical (unpaired) electrons. The first kappa shape index (κ1) is 17.2. The maximum Gasteiger partial charge on any atom is 0.258 e. The smallest absolute Gasteiger partial charge is 0.258 e. The van der Waals surface area contributed by atoms with Crippen molar-refractivity contribution in [2.24, 2.45) is 0 Å². The zero-order chi connectivity index (χ0) is 19.1. The van der Waals surface area contributed by atoms with E-state index in [9.17, 15) is 4.79 Å². The number of hydrogen-bond acceptors (Lipinski definition) is 5. The van der Waals surface area contributed by atoms with E-state index < -0.39 is 0 Å². The molecule has 4 aromatic rings. The Morgan fingerprint density at radius 3 is 2.61 bits per heavy atom. The molecule has 0 spiro atoms. The van der Waals surface area contributed by atoms with Gasteiger partial charge in [0.2, 0.25) is 0 Å². The van der Waals surface area contributed by atoms with Crippen molar-refractivity contribution in [1.82, 2.24) is 24.7 Å². The lowest BCUT2D eigenvalue weighted by Gasteiger charge is -2.13. The van der Waals surface area contributed by atoms with Gasteiger partial charge in [0, 0.05) is 11.6 Å². The third kappa shape index (κ3) is 3.11. The highest BCUT2D eigenvalue weighted by atomic mass is 32.2. The molecule has 1 atom stereocenters. The Hall–Kier alpha value is -2.93. The second-order valence-corrected chi connectivity index (χ2v) is 8.32. The predicted molar refractivity (Wildman–Crippen MR) is 110 cm³/mol. The fourth-order valence-corrected chi connectivity index (χ4v) is 4.23. The molecule has 140 valence electrons. The molecule has 0 amide bonds. The molecule has 28 heavy (non-hydrogen) atoms. The summed E-state index contributed by atoms with van der Waals surface area (Å²) in [6, 6.07) is 17.6. The van der Waals surface area contributed by atoms with Gasteiger partial charge in [-0.05, 0) is 44.0 Å².